The number of nitrogens with zero attached hydrogens (tertiary/aromatic N) is 2. The molecular weight excluding hydrogens is 280 g/mol. The molecule has 0 fully saturated rings. The molecule has 0 unspecified atom stereocenters. The van der Waals surface area contributed by atoms with Gasteiger partial charge >= 0.3 is 35.7 Å². The molecule has 0 atom stereocenters. The van der Waals surface area contributed by atoms with Crippen LogP contribution in [0.3, 0.4) is 0 Å². The Morgan fingerprint density at radius 2 is 1.75 bits per heavy atom. The normalized spacial score (nSPS) is 10.7. The Morgan fingerprint density at radius 3 is 2.15 bits per heavy atom. The minimum absolute atomic E-state index is 0. The van der Waals surface area contributed by atoms with Gasteiger partial charge in [0.2, 0.25) is 0 Å². The molecule has 1 N–H and O–H groups in total. The Labute approximate surface area is 137 Å². The van der Waals surface area contributed by atoms with E-state index >= 15 is 0 Å². The molecule has 2 aromatic rings. The fraction of sp³-hybridized carbons (Fsp3) is 0.231. The molecule has 0 radical (unpaired) electrons. The third-order valence-corrected chi connectivity index (χ3v) is 2.56. The molecular formula is C13H14F3N2NaO. The fourth-order valence-electron chi connectivity index (χ4n) is 1.63. The van der Waals surface area contributed by atoms with E-state index in [1.165, 1.54) is 11.6 Å². The Balaban J connectivity index is 0.00000180. The molecule has 20 heavy (non-hydrogen) atoms. The molecule has 0 bridgehead atoms. The number of halogens is 3. The number of alkyl halides is 3. The molecule has 104 valence electrons. The van der Waals surface area contributed by atoms with Crippen molar-refractivity contribution in [3.05, 3.63) is 49.1 Å². The van der Waals surface area contributed by atoms with Crippen LogP contribution in [0.5, 0.6) is 0 Å². The number of hydrogen-bond donors (Lipinski definition) is 1. The van der Waals surface area contributed by atoms with Gasteiger partial charge in [-0.1, -0.05) is 24.3 Å². The van der Waals surface area contributed by atoms with E-state index in [0.717, 1.165) is 6.20 Å². The van der Waals surface area contributed by atoms with E-state index in [9.17, 15) is 13.2 Å². The van der Waals surface area contributed by atoms with Crippen molar-refractivity contribution in [1.82, 2.24) is 9.55 Å². The quantitative estimate of drug-likeness (QED) is 0.628. The molecule has 0 aliphatic rings. The summed E-state index contributed by atoms with van der Waals surface area (Å²) in [6.07, 6.45) is -3.49. The summed E-state index contributed by atoms with van der Waals surface area (Å²) >= 11 is 0. The average Bonchev–Trinajstić information content (AvgIpc) is 2.71. The van der Waals surface area contributed by atoms with Gasteiger partial charge in [0.05, 0.1) is 6.61 Å². The zero-order valence-electron chi connectivity index (χ0n) is 11.6. The molecule has 2 rings (SSSR count). The fourth-order valence-corrected chi connectivity index (χ4v) is 1.63. The van der Waals surface area contributed by atoms with E-state index < -0.39 is 11.9 Å². The number of rotatable bonds is 2. The van der Waals surface area contributed by atoms with Crippen LogP contribution in [0, 0.1) is 7.43 Å². The van der Waals surface area contributed by atoms with E-state index in [2.05, 4.69) is 4.98 Å². The number of benzene rings is 1. The maximum atomic E-state index is 12.5. The molecule has 0 saturated heterocycles. The van der Waals surface area contributed by atoms with E-state index in [4.69, 9.17) is 5.11 Å². The number of aromatic nitrogens is 2. The third kappa shape index (κ3) is 4.09. The second kappa shape index (κ2) is 7.26. The van der Waals surface area contributed by atoms with Gasteiger partial charge in [-0.3, -0.25) is 0 Å². The maximum absolute atomic E-state index is 12.5. The summed E-state index contributed by atoms with van der Waals surface area (Å²) < 4.78 is 38.9. The molecule has 3 nitrogen and oxygen atoms in total. The minimum atomic E-state index is -4.44. The third-order valence-electron chi connectivity index (χ3n) is 2.56. The molecule has 7 heteroatoms. The molecule has 0 aliphatic carbocycles. The first kappa shape index (κ1) is 19.2. The van der Waals surface area contributed by atoms with Crippen LogP contribution in [0.4, 0.5) is 13.2 Å². The number of aliphatic hydroxyl groups excluding tert-OH is 1. The Kier molecular flexibility index (Phi) is 6.97. The molecule has 1 aromatic heterocycles. The SMILES string of the molecule is Cn1cc(C(F)(F)F)nc1-c1ccc(CO)cc1.[CH3-].[Na+]. The van der Waals surface area contributed by atoms with Crippen LogP contribution in [0.15, 0.2) is 30.5 Å². The van der Waals surface area contributed by atoms with E-state index in [1.54, 1.807) is 24.3 Å². The number of hydrogen-bond acceptors (Lipinski definition) is 2. The first-order valence-electron chi connectivity index (χ1n) is 5.22. The maximum Gasteiger partial charge on any atom is 1.00 e. The molecule has 0 spiro atoms. The van der Waals surface area contributed by atoms with Gasteiger partial charge in [0, 0.05) is 18.8 Å². The van der Waals surface area contributed by atoms with Gasteiger partial charge in [0.15, 0.2) is 5.69 Å². The van der Waals surface area contributed by atoms with Crippen molar-refractivity contribution in [3.8, 4) is 11.4 Å². The van der Waals surface area contributed by atoms with Gasteiger partial charge in [-0.25, -0.2) is 4.98 Å². The Bertz CT molecular complexity index is 550. The standard InChI is InChI=1S/C12H11F3N2O.CH3.Na/c1-17-6-10(12(13,14)15)16-11(17)9-4-2-8(7-18)3-5-9;;/h2-6,18H,7H2,1H3;1H3;/q;-1;+1. The van der Waals surface area contributed by atoms with Gasteiger partial charge in [-0.05, 0) is 5.56 Å². The van der Waals surface area contributed by atoms with Gasteiger partial charge in [-0.15, -0.1) is 0 Å². The van der Waals surface area contributed by atoms with E-state index in [0.29, 0.717) is 11.1 Å². The van der Waals surface area contributed by atoms with Crippen molar-refractivity contribution < 1.29 is 47.8 Å². The van der Waals surface area contributed by atoms with Gasteiger partial charge in [0.25, 0.3) is 0 Å². The summed E-state index contributed by atoms with van der Waals surface area (Å²) in [6, 6.07) is 6.57. The Hall–Kier alpha value is -0.820. The summed E-state index contributed by atoms with van der Waals surface area (Å²) in [5.74, 6) is 0.242. The zero-order chi connectivity index (χ0) is 13.3. The molecule has 1 heterocycles. The zero-order valence-corrected chi connectivity index (χ0v) is 13.6. The number of aliphatic hydroxyl groups is 1. The van der Waals surface area contributed by atoms with Crippen molar-refractivity contribution in [2.45, 2.75) is 12.8 Å². The summed E-state index contributed by atoms with van der Waals surface area (Å²) in [7, 11) is 1.51. The smallest absolute Gasteiger partial charge is 0.392 e. The summed E-state index contributed by atoms with van der Waals surface area (Å²) in [5, 5.41) is 8.89. The van der Waals surface area contributed by atoms with E-state index in [1.807, 2.05) is 0 Å². The largest absolute Gasteiger partial charge is 1.00 e. The van der Waals surface area contributed by atoms with Crippen LogP contribution in [0.2, 0.25) is 0 Å². The van der Waals surface area contributed by atoms with Crippen molar-refractivity contribution in [1.29, 1.82) is 0 Å². The van der Waals surface area contributed by atoms with Crippen molar-refractivity contribution >= 4 is 0 Å². The second-order valence-corrected chi connectivity index (χ2v) is 3.91. The first-order valence-corrected chi connectivity index (χ1v) is 5.22. The van der Waals surface area contributed by atoms with Gasteiger partial charge in [-0.2, -0.15) is 13.2 Å². The van der Waals surface area contributed by atoms with Crippen molar-refractivity contribution in [3.63, 3.8) is 0 Å². The van der Waals surface area contributed by atoms with Crippen LogP contribution >= 0.6 is 0 Å². The predicted octanol–water partition coefficient (Wildman–Crippen LogP) is 0.0525. The first-order chi connectivity index (χ1) is 8.41. The monoisotopic (exact) mass is 294 g/mol. The van der Waals surface area contributed by atoms with Crippen LogP contribution in [-0.2, 0) is 19.8 Å². The van der Waals surface area contributed by atoms with Crippen molar-refractivity contribution in [2.24, 2.45) is 7.05 Å². The summed E-state index contributed by atoms with van der Waals surface area (Å²) in [6.45, 7) is -0.103. The van der Waals surface area contributed by atoms with Crippen LogP contribution in [0.1, 0.15) is 11.3 Å². The number of aryl methyl sites for hydroxylation is 1. The number of imidazole rings is 1. The van der Waals surface area contributed by atoms with Crippen LogP contribution in [0.25, 0.3) is 11.4 Å². The van der Waals surface area contributed by atoms with E-state index in [-0.39, 0.29) is 49.4 Å². The average molecular weight is 294 g/mol. The molecule has 0 aliphatic heterocycles. The van der Waals surface area contributed by atoms with Gasteiger partial charge < -0.3 is 17.1 Å². The van der Waals surface area contributed by atoms with Gasteiger partial charge in [0.1, 0.15) is 5.82 Å². The Morgan fingerprint density at radius 1 is 1.20 bits per heavy atom. The summed E-state index contributed by atoms with van der Waals surface area (Å²) in [5.41, 5.74) is 0.362. The second-order valence-electron chi connectivity index (χ2n) is 3.91. The summed E-state index contributed by atoms with van der Waals surface area (Å²) in [4.78, 5) is 3.58. The molecule has 0 saturated carbocycles. The minimum Gasteiger partial charge on any atom is -0.392 e. The topological polar surface area (TPSA) is 38.0 Å². The molecule has 0 amide bonds. The predicted molar refractivity (Wildman–Crippen MR) is 66.0 cm³/mol. The van der Waals surface area contributed by atoms with Crippen molar-refractivity contribution in [2.75, 3.05) is 0 Å². The van der Waals surface area contributed by atoms with Crippen LogP contribution < -0.4 is 29.6 Å². The van der Waals surface area contributed by atoms with Crippen LogP contribution in [-0.4, -0.2) is 14.7 Å². The molecule has 1 aromatic carbocycles.